The van der Waals surface area contributed by atoms with E-state index in [1.807, 2.05) is 18.2 Å². The smallest absolute Gasteiger partial charge is 0.0701 e. The first-order valence-corrected chi connectivity index (χ1v) is 4.37. The van der Waals surface area contributed by atoms with Crippen LogP contribution in [0.4, 0.5) is 0 Å². The summed E-state index contributed by atoms with van der Waals surface area (Å²) in [6, 6.07) is 8.16. The zero-order valence-electron chi connectivity index (χ0n) is 6.59. The molecule has 1 N–H and O–H groups in total. The average Bonchev–Trinajstić information content (AvgIpc) is 2.56. The normalized spacial score (nSPS) is 22.9. The lowest BCUT2D eigenvalue weighted by molar-refractivity contribution is 0.0883. The maximum Gasteiger partial charge on any atom is 0.0701 e. The molecule has 1 aliphatic heterocycles. The molecule has 1 aromatic carbocycles. The highest BCUT2D eigenvalue weighted by atomic mass is 35.5. The van der Waals surface area contributed by atoms with Crippen LogP contribution < -0.4 is 5.48 Å². The number of hydrogen-bond acceptors (Lipinski definition) is 2. The van der Waals surface area contributed by atoms with E-state index in [0.29, 0.717) is 6.04 Å². The largest absolute Gasteiger partial charge is 0.301 e. The first-order valence-electron chi connectivity index (χ1n) is 3.99. The van der Waals surface area contributed by atoms with E-state index in [0.717, 1.165) is 18.1 Å². The highest BCUT2D eigenvalue weighted by Gasteiger charge is 2.16. The van der Waals surface area contributed by atoms with E-state index in [1.165, 1.54) is 5.56 Å². The van der Waals surface area contributed by atoms with Crippen molar-refractivity contribution in [3.63, 3.8) is 0 Å². The Bertz CT molecular complexity index is 271. The molecular formula is C9H10ClNO. The number of rotatable bonds is 1. The summed E-state index contributed by atoms with van der Waals surface area (Å²) in [6.07, 6.45) is 1.01. The Balaban J connectivity index is 2.21. The second-order valence-electron chi connectivity index (χ2n) is 2.86. The Morgan fingerprint density at radius 2 is 2.42 bits per heavy atom. The van der Waals surface area contributed by atoms with Crippen LogP contribution in [-0.4, -0.2) is 6.61 Å². The lowest BCUT2D eigenvalue weighted by Gasteiger charge is -2.08. The minimum Gasteiger partial charge on any atom is -0.301 e. The van der Waals surface area contributed by atoms with Crippen LogP contribution in [0.2, 0.25) is 5.02 Å². The van der Waals surface area contributed by atoms with Gasteiger partial charge in [0.25, 0.3) is 0 Å². The third-order valence-corrected chi connectivity index (χ3v) is 2.22. The minimum atomic E-state index is 0.309. The summed E-state index contributed by atoms with van der Waals surface area (Å²) < 4.78 is 0. The molecule has 0 unspecified atom stereocenters. The van der Waals surface area contributed by atoms with Crippen LogP contribution in [0.3, 0.4) is 0 Å². The quantitative estimate of drug-likeness (QED) is 0.722. The van der Waals surface area contributed by atoms with Crippen molar-refractivity contribution in [1.82, 2.24) is 5.48 Å². The molecule has 0 amide bonds. The molecule has 2 nitrogen and oxygen atoms in total. The summed E-state index contributed by atoms with van der Waals surface area (Å²) in [5.41, 5.74) is 4.14. The Labute approximate surface area is 76.4 Å². The van der Waals surface area contributed by atoms with E-state index in [-0.39, 0.29) is 0 Å². The van der Waals surface area contributed by atoms with Gasteiger partial charge in [0.05, 0.1) is 12.6 Å². The van der Waals surface area contributed by atoms with Crippen molar-refractivity contribution in [2.24, 2.45) is 0 Å². The molecule has 1 heterocycles. The first kappa shape index (κ1) is 8.05. The van der Waals surface area contributed by atoms with Gasteiger partial charge in [-0.15, -0.1) is 0 Å². The van der Waals surface area contributed by atoms with Gasteiger partial charge in [-0.25, -0.2) is 0 Å². The third-order valence-electron chi connectivity index (χ3n) is 1.99. The van der Waals surface area contributed by atoms with Gasteiger partial charge in [0.15, 0.2) is 0 Å². The Hall–Kier alpha value is -0.570. The van der Waals surface area contributed by atoms with Crippen LogP contribution in [0, 0.1) is 0 Å². The van der Waals surface area contributed by atoms with E-state index < -0.39 is 0 Å². The maximum absolute atomic E-state index is 5.85. The van der Waals surface area contributed by atoms with Gasteiger partial charge < -0.3 is 4.84 Å². The van der Waals surface area contributed by atoms with Gasteiger partial charge in [-0.3, -0.25) is 0 Å². The molecule has 0 saturated carbocycles. The Morgan fingerprint density at radius 1 is 1.50 bits per heavy atom. The molecule has 1 fully saturated rings. The van der Waals surface area contributed by atoms with E-state index >= 15 is 0 Å². The van der Waals surface area contributed by atoms with Gasteiger partial charge in [-0.05, 0) is 24.1 Å². The Kier molecular flexibility index (Phi) is 2.30. The summed E-state index contributed by atoms with van der Waals surface area (Å²) in [5.74, 6) is 0. The van der Waals surface area contributed by atoms with Gasteiger partial charge in [-0.2, -0.15) is 5.48 Å². The molecule has 1 atom stereocenters. The van der Waals surface area contributed by atoms with Crippen LogP contribution in [0.5, 0.6) is 0 Å². The van der Waals surface area contributed by atoms with Crippen molar-refractivity contribution >= 4 is 11.6 Å². The number of hydroxylamine groups is 1. The van der Waals surface area contributed by atoms with E-state index in [2.05, 4.69) is 11.5 Å². The minimum absolute atomic E-state index is 0.309. The van der Waals surface area contributed by atoms with Crippen molar-refractivity contribution in [2.45, 2.75) is 12.5 Å². The predicted octanol–water partition coefficient (Wildman–Crippen LogP) is 2.31. The fraction of sp³-hybridized carbons (Fsp3) is 0.333. The zero-order valence-corrected chi connectivity index (χ0v) is 7.34. The SMILES string of the molecule is Clc1cccc([C@H]2CCON2)c1. The fourth-order valence-electron chi connectivity index (χ4n) is 1.35. The van der Waals surface area contributed by atoms with Gasteiger partial charge in [0, 0.05) is 5.02 Å². The molecule has 12 heavy (non-hydrogen) atoms. The number of benzene rings is 1. The van der Waals surface area contributed by atoms with Gasteiger partial charge in [-0.1, -0.05) is 23.7 Å². The molecule has 3 heteroatoms. The summed E-state index contributed by atoms with van der Waals surface area (Å²) in [6.45, 7) is 0.775. The second kappa shape index (κ2) is 3.44. The van der Waals surface area contributed by atoms with Gasteiger partial charge in [0.1, 0.15) is 0 Å². The lowest BCUT2D eigenvalue weighted by Crippen LogP contribution is -2.10. The highest BCUT2D eigenvalue weighted by molar-refractivity contribution is 6.30. The Morgan fingerprint density at radius 3 is 3.08 bits per heavy atom. The van der Waals surface area contributed by atoms with E-state index in [9.17, 15) is 0 Å². The zero-order chi connectivity index (χ0) is 8.39. The molecule has 1 aromatic rings. The molecule has 0 bridgehead atoms. The summed E-state index contributed by atoms with van der Waals surface area (Å²) in [4.78, 5) is 5.06. The van der Waals surface area contributed by atoms with Crippen LogP contribution in [0.1, 0.15) is 18.0 Å². The predicted molar refractivity (Wildman–Crippen MR) is 47.9 cm³/mol. The number of nitrogens with one attached hydrogen (secondary N) is 1. The van der Waals surface area contributed by atoms with Crippen molar-refractivity contribution < 1.29 is 4.84 Å². The van der Waals surface area contributed by atoms with Crippen LogP contribution in [-0.2, 0) is 4.84 Å². The topological polar surface area (TPSA) is 21.3 Å². The highest BCUT2D eigenvalue weighted by Crippen LogP contribution is 2.23. The molecule has 64 valence electrons. The lowest BCUT2D eigenvalue weighted by atomic mass is 10.1. The molecule has 0 aromatic heterocycles. The third kappa shape index (κ3) is 1.61. The molecule has 0 spiro atoms. The number of halogens is 1. The first-order chi connectivity index (χ1) is 5.86. The van der Waals surface area contributed by atoms with Crippen LogP contribution in [0.15, 0.2) is 24.3 Å². The fourth-order valence-corrected chi connectivity index (χ4v) is 1.55. The van der Waals surface area contributed by atoms with Crippen LogP contribution >= 0.6 is 11.6 Å². The average molecular weight is 184 g/mol. The van der Waals surface area contributed by atoms with Gasteiger partial charge >= 0.3 is 0 Å². The summed E-state index contributed by atoms with van der Waals surface area (Å²) in [7, 11) is 0. The molecule has 0 radical (unpaired) electrons. The van der Waals surface area contributed by atoms with E-state index in [4.69, 9.17) is 16.4 Å². The van der Waals surface area contributed by atoms with Crippen LogP contribution in [0.25, 0.3) is 0 Å². The van der Waals surface area contributed by atoms with Crippen molar-refractivity contribution in [1.29, 1.82) is 0 Å². The summed E-state index contributed by atoms with van der Waals surface area (Å²) >= 11 is 5.85. The van der Waals surface area contributed by atoms with Crippen molar-refractivity contribution in [2.75, 3.05) is 6.61 Å². The molecule has 1 saturated heterocycles. The molecule has 2 rings (SSSR count). The van der Waals surface area contributed by atoms with Crippen molar-refractivity contribution in [3.05, 3.63) is 34.9 Å². The second-order valence-corrected chi connectivity index (χ2v) is 3.30. The maximum atomic E-state index is 5.85. The molecule has 0 aliphatic carbocycles. The van der Waals surface area contributed by atoms with Gasteiger partial charge in [0.2, 0.25) is 0 Å². The van der Waals surface area contributed by atoms with Crippen molar-refractivity contribution in [3.8, 4) is 0 Å². The summed E-state index contributed by atoms with van der Waals surface area (Å²) in [5, 5.41) is 0.779. The molecule has 1 aliphatic rings. The molecular weight excluding hydrogens is 174 g/mol. The standard InChI is InChI=1S/C9H10ClNO/c10-8-3-1-2-7(6-8)9-4-5-12-11-9/h1-3,6,9,11H,4-5H2/t9-/m1/s1. The van der Waals surface area contributed by atoms with E-state index in [1.54, 1.807) is 0 Å². The monoisotopic (exact) mass is 183 g/mol. The number of hydrogen-bond donors (Lipinski definition) is 1.